The van der Waals surface area contributed by atoms with E-state index in [1.807, 2.05) is 30.2 Å². The summed E-state index contributed by atoms with van der Waals surface area (Å²) >= 11 is 0. The Morgan fingerprint density at radius 3 is 2.33 bits per heavy atom. The first-order valence-electron chi connectivity index (χ1n) is 6.90. The third-order valence-corrected chi connectivity index (χ3v) is 3.98. The highest BCUT2D eigenvalue weighted by Crippen LogP contribution is 2.18. The molecule has 2 rings (SSSR count). The fourth-order valence-corrected chi connectivity index (χ4v) is 2.58. The number of imidazole rings is 1. The average molecular weight is 249 g/mol. The molecule has 0 aromatic carbocycles. The minimum Gasteiger partial charge on any atom is -0.341 e. The van der Waals surface area contributed by atoms with Crippen LogP contribution in [0.15, 0.2) is 6.33 Å². The van der Waals surface area contributed by atoms with E-state index >= 15 is 0 Å². The van der Waals surface area contributed by atoms with Crippen molar-refractivity contribution in [1.29, 1.82) is 0 Å². The Hall–Kier alpha value is -1.32. The molecule has 1 saturated heterocycles. The number of likely N-dealkylation sites (tertiary alicyclic amines) is 1. The number of nitrogens with zero attached hydrogens (tertiary/aromatic N) is 3. The van der Waals surface area contributed by atoms with Gasteiger partial charge in [0.2, 0.25) is 5.91 Å². The summed E-state index contributed by atoms with van der Waals surface area (Å²) in [7, 11) is 0. The van der Waals surface area contributed by atoms with Gasteiger partial charge in [-0.15, -0.1) is 0 Å². The summed E-state index contributed by atoms with van der Waals surface area (Å²) in [4.78, 5) is 18.8. The number of carbonyl (C=O) groups is 1. The van der Waals surface area contributed by atoms with E-state index in [0.29, 0.717) is 0 Å². The van der Waals surface area contributed by atoms with Crippen molar-refractivity contribution in [2.45, 2.75) is 52.5 Å². The molecule has 1 amide bonds. The molecule has 1 atom stereocenters. The van der Waals surface area contributed by atoms with Crippen LogP contribution in [0.5, 0.6) is 0 Å². The van der Waals surface area contributed by atoms with Gasteiger partial charge < -0.3 is 9.47 Å². The van der Waals surface area contributed by atoms with Crippen LogP contribution in [0.4, 0.5) is 0 Å². The first-order chi connectivity index (χ1) is 8.61. The molecule has 1 aromatic heterocycles. The molecule has 18 heavy (non-hydrogen) atoms. The van der Waals surface area contributed by atoms with Gasteiger partial charge in [-0.25, -0.2) is 4.98 Å². The van der Waals surface area contributed by atoms with Crippen molar-refractivity contribution in [1.82, 2.24) is 14.5 Å². The lowest BCUT2D eigenvalue weighted by Gasteiger charge is -2.25. The Morgan fingerprint density at radius 1 is 1.22 bits per heavy atom. The summed E-state index contributed by atoms with van der Waals surface area (Å²) in [5, 5.41) is 0. The van der Waals surface area contributed by atoms with E-state index in [0.717, 1.165) is 37.3 Å². The normalized spacial score (nSPS) is 18.5. The Labute approximate surface area is 109 Å². The molecule has 0 saturated carbocycles. The van der Waals surface area contributed by atoms with Crippen molar-refractivity contribution < 1.29 is 4.79 Å². The van der Waals surface area contributed by atoms with E-state index < -0.39 is 0 Å². The third-order valence-electron chi connectivity index (χ3n) is 3.98. The van der Waals surface area contributed by atoms with Gasteiger partial charge in [0.25, 0.3) is 0 Å². The van der Waals surface area contributed by atoms with Crippen LogP contribution < -0.4 is 0 Å². The maximum Gasteiger partial charge on any atom is 0.245 e. The molecule has 100 valence electrons. The van der Waals surface area contributed by atoms with E-state index in [9.17, 15) is 4.79 Å². The lowest BCUT2D eigenvalue weighted by Crippen LogP contribution is -2.37. The first kappa shape index (κ1) is 13.1. The van der Waals surface area contributed by atoms with E-state index in [2.05, 4.69) is 4.98 Å². The third kappa shape index (κ3) is 2.57. The summed E-state index contributed by atoms with van der Waals surface area (Å²) in [5.41, 5.74) is 2.09. The fraction of sp³-hybridized carbons (Fsp3) is 0.714. The Bertz CT molecular complexity index is 417. The van der Waals surface area contributed by atoms with Crippen molar-refractivity contribution in [2.75, 3.05) is 13.1 Å². The maximum atomic E-state index is 12.5. The molecule has 2 heterocycles. The largest absolute Gasteiger partial charge is 0.341 e. The number of carbonyl (C=O) groups excluding carboxylic acids is 1. The Balaban J connectivity index is 2.10. The highest BCUT2D eigenvalue weighted by Gasteiger charge is 2.23. The molecule has 4 nitrogen and oxygen atoms in total. The van der Waals surface area contributed by atoms with Crippen LogP contribution in [-0.2, 0) is 4.79 Å². The predicted molar refractivity (Wildman–Crippen MR) is 71.5 cm³/mol. The monoisotopic (exact) mass is 249 g/mol. The van der Waals surface area contributed by atoms with Gasteiger partial charge in [-0.3, -0.25) is 4.79 Å². The zero-order valence-electron chi connectivity index (χ0n) is 11.6. The van der Waals surface area contributed by atoms with Gasteiger partial charge in [-0.05, 0) is 33.6 Å². The summed E-state index contributed by atoms with van der Waals surface area (Å²) in [6.07, 6.45) is 6.56. The fourth-order valence-electron chi connectivity index (χ4n) is 2.58. The van der Waals surface area contributed by atoms with Gasteiger partial charge in [-0.2, -0.15) is 0 Å². The molecule has 0 radical (unpaired) electrons. The maximum absolute atomic E-state index is 12.5. The lowest BCUT2D eigenvalue weighted by atomic mass is 10.2. The van der Waals surface area contributed by atoms with Crippen LogP contribution in [0.2, 0.25) is 0 Å². The van der Waals surface area contributed by atoms with Gasteiger partial charge in [0.15, 0.2) is 0 Å². The molecule has 0 bridgehead atoms. The van der Waals surface area contributed by atoms with Crippen LogP contribution in [0.1, 0.15) is 50.0 Å². The molecule has 1 fully saturated rings. The number of amides is 1. The number of hydrogen-bond donors (Lipinski definition) is 0. The van der Waals surface area contributed by atoms with Crippen molar-refractivity contribution in [3.63, 3.8) is 0 Å². The number of rotatable bonds is 2. The molecule has 4 heteroatoms. The molecular weight excluding hydrogens is 226 g/mol. The SMILES string of the molecule is Cc1ncn(C(C)C(=O)N2CCCCCC2)c1C. The summed E-state index contributed by atoms with van der Waals surface area (Å²) in [5.74, 6) is 0.234. The van der Waals surface area contributed by atoms with Gasteiger partial charge in [-0.1, -0.05) is 12.8 Å². The summed E-state index contributed by atoms with van der Waals surface area (Å²) in [6.45, 7) is 7.80. The highest BCUT2D eigenvalue weighted by atomic mass is 16.2. The quantitative estimate of drug-likeness (QED) is 0.807. The molecule has 1 aliphatic rings. The molecule has 0 aliphatic carbocycles. The van der Waals surface area contributed by atoms with Crippen LogP contribution in [0.3, 0.4) is 0 Å². The predicted octanol–water partition coefficient (Wildman–Crippen LogP) is 2.46. The lowest BCUT2D eigenvalue weighted by molar-refractivity contribution is -0.134. The number of aryl methyl sites for hydroxylation is 1. The van der Waals surface area contributed by atoms with Gasteiger partial charge >= 0.3 is 0 Å². The smallest absolute Gasteiger partial charge is 0.245 e. The van der Waals surface area contributed by atoms with Gasteiger partial charge in [0, 0.05) is 18.8 Å². The van der Waals surface area contributed by atoms with Gasteiger partial charge in [0.1, 0.15) is 6.04 Å². The summed E-state index contributed by atoms with van der Waals surface area (Å²) < 4.78 is 1.99. The Kier molecular flexibility index (Phi) is 4.04. The standard InChI is InChI=1S/C14H23N3O/c1-11-12(2)17(10-15-11)13(3)14(18)16-8-6-4-5-7-9-16/h10,13H,4-9H2,1-3H3. The van der Waals surface area contributed by atoms with E-state index in [4.69, 9.17) is 0 Å². The van der Waals surface area contributed by atoms with Crippen LogP contribution in [-0.4, -0.2) is 33.4 Å². The topological polar surface area (TPSA) is 38.1 Å². The zero-order valence-corrected chi connectivity index (χ0v) is 11.6. The van der Waals surface area contributed by atoms with Crippen LogP contribution in [0.25, 0.3) is 0 Å². The van der Waals surface area contributed by atoms with Crippen LogP contribution in [0, 0.1) is 13.8 Å². The van der Waals surface area contributed by atoms with Crippen molar-refractivity contribution in [2.24, 2.45) is 0 Å². The second-order valence-electron chi connectivity index (χ2n) is 5.24. The van der Waals surface area contributed by atoms with Crippen molar-refractivity contribution in [3.8, 4) is 0 Å². The number of aromatic nitrogens is 2. The van der Waals surface area contributed by atoms with Crippen molar-refractivity contribution in [3.05, 3.63) is 17.7 Å². The minimum atomic E-state index is -0.135. The molecular formula is C14H23N3O. The molecule has 1 unspecified atom stereocenters. The molecule has 0 spiro atoms. The minimum absolute atomic E-state index is 0.135. The first-order valence-corrected chi connectivity index (χ1v) is 6.90. The molecule has 1 aliphatic heterocycles. The molecule has 0 N–H and O–H groups in total. The van der Waals surface area contributed by atoms with E-state index in [1.54, 1.807) is 6.33 Å². The number of hydrogen-bond acceptors (Lipinski definition) is 2. The zero-order chi connectivity index (χ0) is 13.1. The van der Waals surface area contributed by atoms with Gasteiger partial charge in [0.05, 0.1) is 12.0 Å². The molecule has 1 aromatic rings. The second kappa shape index (κ2) is 5.55. The van der Waals surface area contributed by atoms with E-state index in [1.165, 1.54) is 12.8 Å². The van der Waals surface area contributed by atoms with Crippen LogP contribution >= 0.6 is 0 Å². The average Bonchev–Trinajstić information content (AvgIpc) is 2.62. The second-order valence-corrected chi connectivity index (χ2v) is 5.24. The Morgan fingerprint density at radius 2 is 1.83 bits per heavy atom. The highest BCUT2D eigenvalue weighted by molar-refractivity contribution is 5.80. The van der Waals surface area contributed by atoms with E-state index in [-0.39, 0.29) is 11.9 Å². The van der Waals surface area contributed by atoms with Crippen molar-refractivity contribution >= 4 is 5.91 Å². The summed E-state index contributed by atoms with van der Waals surface area (Å²) in [6, 6.07) is -0.135.